The number of hydrogen-bond acceptors (Lipinski definition) is 2. The molecular formula is C12H15ClO3. The van der Waals surface area contributed by atoms with Crippen LogP contribution in [0.3, 0.4) is 0 Å². The van der Waals surface area contributed by atoms with Gasteiger partial charge in [-0.05, 0) is 30.5 Å². The third-order valence-corrected chi connectivity index (χ3v) is 2.99. The van der Waals surface area contributed by atoms with Crippen molar-refractivity contribution in [3.05, 3.63) is 34.3 Å². The number of carbonyl (C=O) groups is 1. The topological polar surface area (TPSA) is 57.5 Å². The Kier molecular flexibility index (Phi) is 4.33. The summed E-state index contributed by atoms with van der Waals surface area (Å²) in [5, 5.41) is 19.2. The molecule has 2 unspecified atom stereocenters. The maximum Gasteiger partial charge on any atom is 0.306 e. The molecule has 1 aromatic carbocycles. The summed E-state index contributed by atoms with van der Waals surface area (Å²) in [5.41, 5.74) is 1.59. The molecule has 2 atom stereocenters. The monoisotopic (exact) mass is 242 g/mol. The summed E-state index contributed by atoms with van der Waals surface area (Å²) in [6, 6.07) is 5.25. The minimum Gasteiger partial charge on any atom is -0.481 e. The standard InChI is InChI=1S/C12H15ClO3/c1-7-3-4-9(6-10(7)13)11(14)5-8(2)12(15)16/h3-4,6,8,11,14H,5H2,1-2H3,(H,15,16). The molecule has 1 aromatic rings. The van der Waals surface area contributed by atoms with Crippen molar-refractivity contribution in [3.8, 4) is 0 Å². The Hall–Kier alpha value is -1.06. The van der Waals surface area contributed by atoms with E-state index in [1.165, 1.54) is 0 Å². The van der Waals surface area contributed by atoms with Crippen LogP contribution in [0.25, 0.3) is 0 Å². The van der Waals surface area contributed by atoms with E-state index in [-0.39, 0.29) is 6.42 Å². The summed E-state index contributed by atoms with van der Waals surface area (Å²) >= 11 is 5.93. The molecule has 0 bridgehead atoms. The van der Waals surface area contributed by atoms with Crippen molar-refractivity contribution in [2.24, 2.45) is 5.92 Å². The number of aliphatic hydroxyl groups excluding tert-OH is 1. The largest absolute Gasteiger partial charge is 0.481 e. The zero-order chi connectivity index (χ0) is 12.3. The van der Waals surface area contributed by atoms with Crippen LogP contribution in [-0.2, 0) is 4.79 Å². The lowest BCUT2D eigenvalue weighted by Gasteiger charge is -2.14. The molecule has 0 spiro atoms. The third-order valence-electron chi connectivity index (χ3n) is 2.58. The number of aliphatic carboxylic acids is 1. The first-order chi connectivity index (χ1) is 7.41. The normalized spacial score (nSPS) is 14.5. The summed E-state index contributed by atoms with van der Waals surface area (Å²) in [6.07, 6.45) is -0.599. The van der Waals surface area contributed by atoms with Gasteiger partial charge in [-0.2, -0.15) is 0 Å². The molecule has 0 aliphatic carbocycles. The minimum absolute atomic E-state index is 0.189. The van der Waals surface area contributed by atoms with Gasteiger partial charge in [0.1, 0.15) is 0 Å². The number of aliphatic hydroxyl groups is 1. The number of carboxylic acids is 1. The van der Waals surface area contributed by atoms with Gasteiger partial charge in [0.2, 0.25) is 0 Å². The molecule has 0 heterocycles. The Morgan fingerprint density at radius 2 is 2.12 bits per heavy atom. The van der Waals surface area contributed by atoms with Crippen LogP contribution in [0.2, 0.25) is 5.02 Å². The lowest BCUT2D eigenvalue weighted by Crippen LogP contribution is -2.13. The van der Waals surface area contributed by atoms with Gasteiger partial charge in [0.15, 0.2) is 0 Å². The predicted octanol–water partition coefficient (Wildman–Crippen LogP) is 2.79. The fourth-order valence-electron chi connectivity index (χ4n) is 1.39. The molecule has 0 saturated carbocycles. The summed E-state index contributed by atoms with van der Waals surface area (Å²) in [7, 11) is 0. The molecule has 3 nitrogen and oxygen atoms in total. The molecule has 0 radical (unpaired) electrons. The highest BCUT2D eigenvalue weighted by Gasteiger charge is 2.18. The smallest absolute Gasteiger partial charge is 0.306 e. The fourth-order valence-corrected chi connectivity index (χ4v) is 1.58. The Morgan fingerprint density at radius 3 is 2.62 bits per heavy atom. The molecule has 0 aliphatic rings. The van der Waals surface area contributed by atoms with E-state index in [1.807, 2.05) is 13.0 Å². The van der Waals surface area contributed by atoms with Crippen LogP contribution in [0, 0.1) is 12.8 Å². The summed E-state index contributed by atoms with van der Waals surface area (Å²) in [5.74, 6) is -1.48. The molecule has 2 N–H and O–H groups in total. The van der Waals surface area contributed by atoms with Crippen molar-refractivity contribution in [1.29, 1.82) is 0 Å². The molecule has 0 fully saturated rings. The quantitative estimate of drug-likeness (QED) is 0.854. The second kappa shape index (κ2) is 5.32. The van der Waals surface area contributed by atoms with Gasteiger partial charge < -0.3 is 10.2 Å². The van der Waals surface area contributed by atoms with E-state index in [0.29, 0.717) is 10.6 Å². The van der Waals surface area contributed by atoms with Gasteiger partial charge in [-0.15, -0.1) is 0 Å². The van der Waals surface area contributed by atoms with Crippen molar-refractivity contribution in [2.75, 3.05) is 0 Å². The van der Waals surface area contributed by atoms with Crippen LogP contribution in [0.15, 0.2) is 18.2 Å². The van der Waals surface area contributed by atoms with Crippen LogP contribution >= 0.6 is 11.6 Å². The van der Waals surface area contributed by atoms with E-state index in [9.17, 15) is 9.90 Å². The second-order valence-electron chi connectivity index (χ2n) is 4.00. The predicted molar refractivity (Wildman–Crippen MR) is 62.6 cm³/mol. The zero-order valence-corrected chi connectivity index (χ0v) is 10.0. The lowest BCUT2D eigenvalue weighted by atomic mass is 9.98. The number of halogens is 1. The van der Waals surface area contributed by atoms with Gasteiger partial charge in [-0.25, -0.2) is 0 Å². The molecule has 88 valence electrons. The van der Waals surface area contributed by atoms with Crippen LogP contribution in [0.5, 0.6) is 0 Å². The Bertz CT molecular complexity index is 390. The van der Waals surface area contributed by atoms with Crippen molar-refractivity contribution in [3.63, 3.8) is 0 Å². The first-order valence-corrected chi connectivity index (χ1v) is 5.46. The third kappa shape index (κ3) is 3.22. The Labute approximate surface area is 99.7 Å². The van der Waals surface area contributed by atoms with E-state index in [1.54, 1.807) is 19.1 Å². The zero-order valence-electron chi connectivity index (χ0n) is 9.27. The van der Waals surface area contributed by atoms with E-state index in [4.69, 9.17) is 16.7 Å². The van der Waals surface area contributed by atoms with E-state index in [0.717, 1.165) is 5.56 Å². The van der Waals surface area contributed by atoms with Crippen molar-refractivity contribution in [2.45, 2.75) is 26.4 Å². The maximum absolute atomic E-state index is 10.6. The van der Waals surface area contributed by atoms with Gasteiger partial charge in [0.25, 0.3) is 0 Å². The van der Waals surface area contributed by atoms with Gasteiger partial charge in [-0.1, -0.05) is 30.7 Å². The van der Waals surface area contributed by atoms with Gasteiger partial charge in [0.05, 0.1) is 12.0 Å². The number of benzene rings is 1. The van der Waals surface area contributed by atoms with Crippen molar-refractivity contribution >= 4 is 17.6 Å². The molecule has 16 heavy (non-hydrogen) atoms. The maximum atomic E-state index is 10.6. The van der Waals surface area contributed by atoms with Crippen LogP contribution in [0.4, 0.5) is 0 Å². The van der Waals surface area contributed by atoms with E-state index >= 15 is 0 Å². The molecule has 0 aliphatic heterocycles. The summed E-state index contributed by atoms with van der Waals surface area (Å²) in [4.78, 5) is 10.6. The highest BCUT2D eigenvalue weighted by molar-refractivity contribution is 6.31. The first kappa shape index (κ1) is 13.0. The highest BCUT2D eigenvalue weighted by atomic mass is 35.5. The molecule has 1 rings (SSSR count). The summed E-state index contributed by atoms with van der Waals surface area (Å²) < 4.78 is 0. The van der Waals surface area contributed by atoms with Gasteiger partial charge >= 0.3 is 5.97 Å². The Morgan fingerprint density at radius 1 is 1.50 bits per heavy atom. The number of carboxylic acid groups (broad SMARTS) is 1. The van der Waals surface area contributed by atoms with Crippen molar-refractivity contribution < 1.29 is 15.0 Å². The average Bonchev–Trinajstić information content (AvgIpc) is 2.21. The molecule has 0 aromatic heterocycles. The second-order valence-corrected chi connectivity index (χ2v) is 4.41. The Balaban J connectivity index is 2.76. The minimum atomic E-state index is -0.905. The number of aryl methyl sites for hydroxylation is 1. The number of rotatable bonds is 4. The highest BCUT2D eigenvalue weighted by Crippen LogP contribution is 2.25. The lowest BCUT2D eigenvalue weighted by molar-refractivity contribution is -0.142. The van der Waals surface area contributed by atoms with Gasteiger partial charge in [-0.3, -0.25) is 4.79 Å². The molecular weight excluding hydrogens is 228 g/mol. The number of hydrogen-bond donors (Lipinski definition) is 2. The molecule has 0 saturated heterocycles. The van der Waals surface area contributed by atoms with Gasteiger partial charge in [0, 0.05) is 5.02 Å². The van der Waals surface area contributed by atoms with Crippen molar-refractivity contribution in [1.82, 2.24) is 0 Å². The van der Waals surface area contributed by atoms with Crippen LogP contribution < -0.4 is 0 Å². The van der Waals surface area contributed by atoms with Crippen LogP contribution in [-0.4, -0.2) is 16.2 Å². The van der Waals surface area contributed by atoms with E-state index in [2.05, 4.69) is 0 Å². The molecule has 4 heteroatoms. The average molecular weight is 243 g/mol. The van der Waals surface area contributed by atoms with Crippen LogP contribution in [0.1, 0.15) is 30.6 Å². The molecule has 0 amide bonds. The SMILES string of the molecule is Cc1ccc(C(O)CC(C)C(=O)O)cc1Cl. The summed E-state index contributed by atoms with van der Waals surface area (Å²) in [6.45, 7) is 3.44. The first-order valence-electron chi connectivity index (χ1n) is 5.08. The fraction of sp³-hybridized carbons (Fsp3) is 0.417. The van der Waals surface area contributed by atoms with E-state index < -0.39 is 18.0 Å².